The van der Waals surface area contributed by atoms with E-state index in [9.17, 15) is 9.50 Å². The maximum Gasteiger partial charge on any atom is 0.191 e. The van der Waals surface area contributed by atoms with Crippen LogP contribution >= 0.6 is 0 Å². The first-order chi connectivity index (χ1) is 12.6. The van der Waals surface area contributed by atoms with Gasteiger partial charge in [-0.3, -0.25) is 0 Å². The summed E-state index contributed by atoms with van der Waals surface area (Å²) >= 11 is 0. The third-order valence-corrected chi connectivity index (χ3v) is 3.59. The van der Waals surface area contributed by atoms with Gasteiger partial charge in [0.25, 0.3) is 0 Å². The molecule has 140 valence electrons. The first kappa shape index (κ1) is 19.7. The predicted octanol–water partition coefficient (Wildman–Crippen LogP) is 2.63. The van der Waals surface area contributed by atoms with Crippen LogP contribution in [0.4, 0.5) is 4.39 Å². The molecule has 6 heteroatoms. The summed E-state index contributed by atoms with van der Waals surface area (Å²) in [5.74, 6) is 1.02. The fourth-order valence-corrected chi connectivity index (χ4v) is 2.32. The van der Waals surface area contributed by atoms with E-state index in [-0.39, 0.29) is 12.4 Å². The van der Waals surface area contributed by atoms with Gasteiger partial charge >= 0.3 is 0 Å². The molecule has 3 N–H and O–H groups in total. The quantitative estimate of drug-likeness (QED) is 0.501. The van der Waals surface area contributed by atoms with E-state index < -0.39 is 6.10 Å². The van der Waals surface area contributed by atoms with Gasteiger partial charge in [0, 0.05) is 13.1 Å². The highest BCUT2D eigenvalue weighted by Gasteiger charge is 2.07. The Labute approximate surface area is 153 Å². The third-order valence-electron chi connectivity index (χ3n) is 3.59. The molecule has 0 saturated carbocycles. The Morgan fingerprint density at radius 3 is 2.73 bits per heavy atom. The van der Waals surface area contributed by atoms with E-state index >= 15 is 0 Å². The Balaban J connectivity index is 1.81. The highest BCUT2D eigenvalue weighted by molar-refractivity contribution is 5.79. The second-order valence-corrected chi connectivity index (χ2v) is 5.99. The van der Waals surface area contributed by atoms with Gasteiger partial charge in [0.2, 0.25) is 0 Å². The highest BCUT2D eigenvalue weighted by atomic mass is 19.1. The summed E-state index contributed by atoms with van der Waals surface area (Å²) in [6, 6.07) is 14.0. The van der Waals surface area contributed by atoms with Crippen molar-refractivity contribution in [1.82, 2.24) is 10.6 Å². The maximum atomic E-state index is 13.2. The fraction of sp³-hybridized carbons (Fsp3) is 0.350. The van der Waals surface area contributed by atoms with Crippen LogP contribution in [-0.4, -0.2) is 36.9 Å². The molecule has 0 aliphatic rings. The average Bonchev–Trinajstić information content (AvgIpc) is 2.62. The molecule has 2 rings (SSSR count). The first-order valence-electron chi connectivity index (χ1n) is 8.71. The standard InChI is InChI=1S/C20H26FN3O2/c1-3-22-20(23-12-16-7-5-8-17(21)11-16)24-13-18(25)14-26-19-9-4-6-15(2)10-19/h4-11,18,25H,3,12-14H2,1-2H3,(H2,22,23,24). The molecule has 0 aliphatic heterocycles. The predicted molar refractivity (Wildman–Crippen MR) is 102 cm³/mol. The van der Waals surface area contributed by atoms with Gasteiger partial charge in [-0.1, -0.05) is 24.3 Å². The van der Waals surface area contributed by atoms with E-state index in [1.54, 1.807) is 6.07 Å². The van der Waals surface area contributed by atoms with Gasteiger partial charge in [-0.15, -0.1) is 0 Å². The lowest BCUT2D eigenvalue weighted by Crippen LogP contribution is -2.42. The fourth-order valence-electron chi connectivity index (χ4n) is 2.32. The van der Waals surface area contributed by atoms with Crippen molar-refractivity contribution >= 4 is 5.96 Å². The topological polar surface area (TPSA) is 65.9 Å². The minimum Gasteiger partial charge on any atom is -0.491 e. The summed E-state index contributed by atoms with van der Waals surface area (Å²) in [6.45, 7) is 5.45. The number of hydrogen-bond donors (Lipinski definition) is 3. The zero-order valence-electron chi connectivity index (χ0n) is 15.2. The van der Waals surface area contributed by atoms with Crippen molar-refractivity contribution in [2.24, 2.45) is 4.99 Å². The molecule has 26 heavy (non-hydrogen) atoms. The van der Waals surface area contributed by atoms with Crippen LogP contribution in [0.15, 0.2) is 53.5 Å². The molecular formula is C20H26FN3O2. The molecule has 0 aliphatic carbocycles. The summed E-state index contributed by atoms with van der Waals surface area (Å²) in [5.41, 5.74) is 1.89. The molecule has 0 radical (unpaired) electrons. The number of aliphatic imine (C=N–C) groups is 1. The third kappa shape index (κ3) is 7.11. The molecule has 5 nitrogen and oxygen atoms in total. The van der Waals surface area contributed by atoms with Crippen LogP contribution in [0.1, 0.15) is 18.1 Å². The van der Waals surface area contributed by atoms with Crippen LogP contribution < -0.4 is 15.4 Å². The normalized spacial score (nSPS) is 12.5. The van der Waals surface area contributed by atoms with Gasteiger partial charge in [0.05, 0.1) is 6.54 Å². The molecule has 0 heterocycles. The lowest BCUT2D eigenvalue weighted by atomic mass is 10.2. The number of hydrogen-bond acceptors (Lipinski definition) is 3. The second-order valence-electron chi connectivity index (χ2n) is 5.99. The van der Waals surface area contributed by atoms with Gasteiger partial charge in [-0.2, -0.15) is 0 Å². The average molecular weight is 359 g/mol. The lowest BCUT2D eigenvalue weighted by Gasteiger charge is -2.16. The summed E-state index contributed by atoms with van der Waals surface area (Å²) in [7, 11) is 0. The van der Waals surface area contributed by atoms with Crippen LogP contribution in [0.5, 0.6) is 5.75 Å². The number of aliphatic hydroxyl groups excluding tert-OH is 1. The number of benzene rings is 2. The van der Waals surface area contributed by atoms with E-state index in [4.69, 9.17) is 4.74 Å². The smallest absolute Gasteiger partial charge is 0.191 e. The molecule has 2 aromatic carbocycles. The molecule has 0 saturated heterocycles. The first-order valence-corrected chi connectivity index (χ1v) is 8.71. The minimum atomic E-state index is -0.687. The van der Waals surface area contributed by atoms with E-state index in [2.05, 4.69) is 15.6 Å². The number of halogens is 1. The summed E-state index contributed by atoms with van der Waals surface area (Å²) in [5, 5.41) is 16.3. The molecule has 1 atom stereocenters. The minimum absolute atomic E-state index is 0.180. The van der Waals surface area contributed by atoms with E-state index in [0.29, 0.717) is 25.6 Å². The van der Waals surface area contributed by atoms with Crippen molar-refractivity contribution < 1.29 is 14.2 Å². The second kappa shape index (κ2) is 10.4. The van der Waals surface area contributed by atoms with Crippen molar-refractivity contribution in [3.8, 4) is 5.75 Å². The Morgan fingerprint density at radius 2 is 2.00 bits per heavy atom. The Kier molecular flexibility index (Phi) is 7.89. The summed E-state index contributed by atoms with van der Waals surface area (Å²) < 4.78 is 18.8. The Morgan fingerprint density at radius 1 is 1.19 bits per heavy atom. The van der Waals surface area contributed by atoms with Crippen molar-refractivity contribution in [2.45, 2.75) is 26.5 Å². The number of aryl methyl sites for hydroxylation is 1. The van der Waals surface area contributed by atoms with Gasteiger partial charge in [-0.25, -0.2) is 9.38 Å². The van der Waals surface area contributed by atoms with E-state index in [1.807, 2.05) is 44.2 Å². The van der Waals surface area contributed by atoms with Crippen LogP contribution in [-0.2, 0) is 6.54 Å². The number of ether oxygens (including phenoxy) is 1. The molecule has 0 spiro atoms. The number of rotatable bonds is 8. The highest BCUT2D eigenvalue weighted by Crippen LogP contribution is 2.12. The van der Waals surface area contributed by atoms with Crippen LogP contribution in [0.3, 0.4) is 0 Å². The Hall–Kier alpha value is -2.60. The molecule has 0 fully saturated rings. The lowest BCUT2D eigenvalue weighted by molar-refractivity contribution is 0.110. The van der Waals surface area contributed by atoms with Gasteiger partial charge < -0.3 is 20.5 Å². The zero-order chi connectivity index (χ0) is 18.8. The van der Waals surface area contributed by atoms with Crippen LogP contribution in [0, 0.1) is 12.7 Å². The van der Waals surface area contributed by atoms with Crippen molar-refractivity contribution in [2.75, 3.05) is 19.7 Å². The SMILES string of the molecule is CCNC(=NCc1cccc(F)c1)NCC(O)COc1cccc(C)c1. The van der Waals surface area contributed by atoms with E-state index in [0.717, 1.165) is 16.9 Å². The maximum absolute atomic E-state index is 13.2. The molecule has 1 unspecified atom stereocenters. The monoisotopic (exact) mass is 359 g/mol. The van der Waals surface area contributed by atoms with Crippen LogP contribution in [0.25, 0.3) is 0 Å². The van der Waals surface area contributed by atoms with Gasteiger partial charge in [-0.05, 0) is 49.2 Å². The van der Waals surface area contributed by atoms with Crippen molar-refractivity contribution in [1.29, 1.82) is 0 Å². The Bertz CT molecular complexity index is 722. The van der Waals surface area contributed by atoms with Gasteiger partial charge in [0.1, 0.15) is 24.3 Å². The van der Waals surface area contributed by atoms with Crippen molar-refractivity contribution in [3.05, 3.63) is 65.5 Å². The molecule has 2 aromatic rings. The van der Waals surface area contributed by atoms with Gasteiger partial charge in [0.15, 0.2) is 5.96 Å². The molecular weight excluding hydrogens is 333 g/mol. The number of nitrogens with one attached hydrogen (secondary N) is 2. The number of guanidine groups is 1. The molecule has 0 bridgehead atoms. The largest absolute Gasteiger partial charge is 0.491 e. The summed E-state index contributed by atoms with van der Waals surface area (Å²) in [4.78, 5) is 4.40. The summed E-state index contributed by atoms with van der Waals surface area (Å²) in [6.07, 6.45) is -0.687. The number of nitrogens with zero attached hydrogens (tertiary/aromatic N) is 1. The number of aliphatic hydroxyl groups is 1. The molecule has 0 aromatic heterocycles. The van der Waals surface area contributed by atoms with Crippen molar-refractivity contribution in [3.63, 3.8) is 0 Å². The van der Waals surface area contributed by atoms with E-state index in [1.165, 1.54) is 12.1 Å². The zero-order valence-corrected chi connectivity index (χ0v) is 15.2. The van der Waals surface area contributed by atoms with Crippen LogP contribution in [0.2, 0.25) is 0 Å². The molecule has 0 amide bonds.